The standard InChI is InChI=1S/C33H61N2/c1-4-7-9-11-13-15-17-19-21-23-25-28-31-30-32(35-33(34-31)27-6-3)29-26-24-22-20-18-16-14-12-10-8-5-2/h30H,3-29H2,1-2H3. The summed E-state index contributed by atoms with van der Waals surface area (Å²) in [5.74, 6) is 1.03. The van der Waals surface area contributed by atoms with E-state index in [0.717, 1.165) is 31.5 Å². The molecule has 0 bridgehead atoms. The highest BCUT2D eigenvalue weighted by Gasteiger charge is 2.05. The van der Waals surface area contributed by atoms with Crippen LogP contribution in [0.1, 0.15) is 179 Å². The van der Waals surface area contributed by atoms with Gasteiger partial charge in [-0.15, -0.1) is 0 Å². The van der Waals surface area contributed by atoms with Crippen LogP contribution in [-0.4, -0.2) is 9.97 Å². The topological polar surface area (TPSA) is 25.8 Å². The van der Waals surface area contributed by atoms with E-state index in [4.69, 9.17) is 9.97 Å². The van der Waals surface area contributed by atoms with E-state index in [9.17, 15) is 0 Å². The molecule has 1 rings (SSSR count). The van der Waals surface area contributed by atoms with Crippen molar-refractivity contribution in [3.05, 3.63) is 30.2 Å². The van der Waals surface area contributed by atoms with Gasteiger partial charge in [0.05, 0.1) is 0 Å². The van der Waals surface area contributed by atoms with Crippen LogP contribution < -0.4 is 0 Å². The summed E-state index contributed by atoms with van der Waals surface area (Å²) in [6.07, 6.45) is 34.8. The Labute approximate surface area is 220 Å². The molecule has 0 aromatic carbocycles. The van der Waals surface area contributed by atoms with Crippen LogP contribution in [0.25, 0.3) is 0 Å². The van der Waals surface area contributed by atoms with Gasteiger partial charge in [-0.25, -0.2) is 9.97 Å². The maximum Gasteiger partial charge on any atom is 0.128 e. The summed E-state index contributed by atoms with van der Waals surface area (Å²) in [5.41, 5.74) is 2.55. The van der Waals surface area contributed by atoms with Gasteiger partial charge in [0.25, 0.3) is 0 Å². The van der Waals surface area contributed by atoms with Crippen LogP contribution in [0.3, 0.4) is 0 Å². The van der Waals surface area contributed by atoms with Crippen molar-refractivity contribution in [3.63, 3.8) is 0 Å². The Morgan fingerprint density at radius 1 is 0.457 bits per heavy atom. The zero-order valence-corrected chi connectivity index (χ0v) is 24.1. The Kier molecular flexibility index (Phi) is 22.7. The highest BCUT2D eigenvalue weighted by molar-refractivity contribution is 5.12. The van der Waals surface area contributed by atoms with E-state index in [-0.39, 0.29) is 0 Å². The second kappa shape index (κ2) is 24.8. The van der Waals surface area contributed by atoms with Crippen LogP contribution in [0.4, 0.5) is 0 Å². The Balaban J connectivity index is 2.16. The highest BCUT2D eigenvalue weighted by Crippen LogP contribution is 2.15. The number of nitrogens with zero attached hydrogens (tertiary/aromatic N) is 2. The monoisotopic (exact) mass is 485 g/mol. The van der Waals surface area contributed by atoms with E-state index >= 15 is 0 Å². The summed E-state index contributed by atoms with van der Waals surface area (Å²) in [6.45, 7) is 8.61. The lowest BCUT2D eigenvalue weighted by Crippen LogP contribution is -2.04. The average Bonchev–Trinajstić information content (AvgIpc) is 2.86. The summed E-state index contributed by atoms with van der Waals surface area (Å²) in [5, 5.41) is 0. The first-order valence-electron chi connectivity index (χ1n) is 15.9. The molecular weight excluding hydrogens is 424 g/mol. The molecule has 2 nitrogen and oxygen atoms in total. The number of unbranched alkanes of at least 4 members (excludes halogenated alkanes) is 20. The SMILES string of the molecule is [CH2]CCc1nc(CCCCCCCCCCCCC)cc(CCCCCCCCCCCCC)n1. The van der Waals surface area contributed by atoms with Gasteiger partial charge >= 0.3 is 0 Å². The number of aromatic nitrogens is 2. The Hall–Kier alpha value is -0.920. The molecular formula is C33H61N2. The summed E-state index contributed by atoms with van der Waals surface area (Å²) in [6, 6.07) is 2.30. The zero-order valence-electron chi connectivity index (χ0n) is 24.1. The molecule has 0 aliphatic rings. The van der Waals surface area contributed by atoms with Crippen molar-refractivity contribution in [2.45, 2.75) is 181 Å². The van der Waals surface area contributed by atoms with E-state index in [2.05, 4.69) is 26.8 Å². The van der Waals surface area contributed by atoms with Gasteiger partial charge in [-0.3, -0.25) is 0 Å². The fraction of sp³-hybridized carbons (Fsp3) is 0.848. The number of hydrogen-bond acceptors (Lipinski definition) is 2. The first-order valence-corrected chi connectivity index (χ1v) is 15.9. The van der Waals surface area contributed by atoms with Crippen molar-refractivity contribution in [3.8, 4) is 0 Å². The molecule has 0 saturated carbocycles. The Morgan fingerprint density at radius 2 is 0.771 bits per heavy atom. The predicted molar refractivity (Wildman–Crippen MR) is 156 cm³/mol. The minimum atomic E-state index is 0.889. The van der Waals surface area contributed by atoms with E-state index in [1.165, 1.54) is 153 Å². The van der Waals surface area contributed by atoms with Crippen LogP contribution in [-0.2, 0) is 19.3 Å². The minimum absolute atomic E-state index is 0.889. The van der Waals surface area contributed by atoms with Crippen molar-refractivity contribution < 1.29 is 0 Å². The second-order valence-electron chi connectivity index (χ2n) is 10.9. The van der Waals surface area contributed by atoms with E-state index in [1.54, 1.807) is 0 Å². The lowest BCUT2D eigenvalue weighted by Gasteiger charge is -2.08. The molecule has 0 aliphatic heterocycles. The summed E-state index contributed by atoms with van der Waals surface area (Å²) < 4.78 is 0. The maximum atomic E-state index is 4.86. The van der Waals surface area contributed by atoms with Gasteiger partial charge < -0.3 is 0 Å². The fourth-order valence-electron chi connectivity index (χ4n) is 5.08. The third-order valence-electron chi connectivity index (χ3n) is 7.35. The molecule has 1 aromatic heterocycles. The zero-order chi connectivity index (χ0) is 25.2. The van der Waals surface area contributed by atoms with Crippen molar-refractivity contribution in [2.75, 3.05) is 0 Å². The van der Waals surface area contributed by atoms with Crippen LogP contribution in [0, 0.1) is 6.92 Å². The van der Waals surface area contributed by atoms with Gasteiger partial charge in [0.15, 0.2) is 0 Å². The Morgan fingerprint density at radius 3 is 1.09 bits per heavy atom. The van der Waals surface area contributed by atoms with Gasteiger partial charge in [-0.05, 0) is 38.2 Å². The smallest absolute Gasteiger partial charge is 0.128 e. The molecule has 0 aliphatic carbocycles. The number of rotatable bonds is 26. The lowest BCUT2D eigenvalue weighted by atomic mass is 10.0. The number of hydrogen-bond donors (Lipinski definition) is 0. The van der Waals surface area contributed by atoms with E-state index in [1.807, 2.05) is 0 Å². The van der Waals surface area contributed by atoms with Crippen LogP contribution in [0.15, 0.2) is 6.07 Å². The molecule has 0 N–H and O–H groups in total. The summed E-state index contributed by atoms with van der Waals surface area (Å²) in [4.78, 5) is 9.72. The average molecular weight is 486 g/mol. The van der Waals surface area contributed by atoms with Gasteiger partial charge in [0.2, 0.25) is 0 Å². The third-order valence-corrected chi connectivity index (χ3v) is 7.35. The summed E-state index contributed by atoms with van der Waals surface area (Å²) in [7, 11) is 0. The van der Waals surface area contributed by atoms with Gasteiger partial charge in [0, 0.05) is 17.8 Å². The summed E-state index contributed by atoms with van der Waals surface area (Å²) >= 11 is 0. The molecule has 0 atom stereocenters. The van der Waals surface area contributed by atoms with E-state index < -0.39 is 0 Å². The van der Waals surface area contributed by atoms with Gasteiger partial charge in [-0.1, -0.05) is 149 Å². The first-order chi connectivity index (χ1) is 17.3. The van der Waals surface area contributed by atoms with Gasteiger partial charge in [0.1, 0.15) is 5.82 Å². The minimum Gasteiger partial charge on any atom is -0.238 e. The number of aryl methyl sites for hydroxylation is 3. The Bertz CT molecular complexity index is 524. The van der Waals surface area contributed by atoms with Crippen LogP contribution in [0.5, 0.6) is 0 Å². The van der Waals surface area contributed by atoms with Crippen LogP contribution in [0.2, 0.25) is 0 Å². The third kappa shape index (κ3) is 19.9. The molecule has 35 heavy (non-hydrogen) atoms. The second-order valence-corrected chi connectivity index (χ2v) is 10.9. The van der Waals surface area contributed by atoms with Crippen molar-refractivity contribution in [2.24, 2.45) is 0 Å². The molecule has 2 heteroatoms. The predicted octanol–water partition coefficient (Wildman–Crippen LogP) is 11.0. The molecule has 0 unspecified atom stereocenters. The first kappa shape index (κ1) is 32.1. The lowest BCUT2D eigenvalue weighted by molar-refractivity contribution is 0.547. The highest BCUT2D eigenvalue weighted by atomic mass is 14.9. The molecule has 0 fully saturated rings. The molecule has 0 amide bonds. The molecule has 0 saturated heterocycles. The molecule has 203 valence electrons. The van der Waals surface area contributed by atoms with Gasteiger partial charge in [-0.2, -0.15) is 0 Å². The largest absolute Gasteiger partial charge is 0.238 e. The van der Waals surface area contributed by atoms with Crippen LogP contribution >= 0.6 is 0 Å². The molecule has 1 aromatic rings. The maximum absolute atomic E-state index is 4.86. The molecule has 0 spiro atoms. The quantitative estimate of drug-likeness (QED) is 0.122. The fourth-order valence-corrected chi connectivity index (χ4v) is 5.08. The normalized spacial score (nSPS) is 11.4. The van der Waals surface area contributed by atoms with Crippen molar-refractivity contribution in [1.29, 1.82) is 0 Å². The molecule has 1 heterocycles. The van der Waals surface area contributed by atoms with E-state index in [0.29, 0.717) is 0 Å². The van der Waals surface area contributed by atoms with Crippen molar-refractivity contribution in [1.82, 2.24) is 9.97 Å². The van der Waals surface area contributed by atoms with Crippen molar-refractivity contribution >= 4 is 0 Å². The molecule has 1 radical (unpaired) electrons.